The molecule has 0 aliphatic carbocycles. The number of ether oxygens (including phenoxy) is 3. The Bertz CT molecular complexity index is 1400. The first-order chi connectivity index (χ1) is 19.9. The molecule has 0 saturated carbocycles. The molecule has 2 aliphatic rings. The largest absolute Gasteiger partial charge is 0.456 e. The summed E-state index contributed by atoms with van der Waals surface area (Å²) in [5.74, 6) is 1.55. The Morgan fingerprint density at radius 1 is 1.15 bits per heavy atom. The number of nitrogens with one attached hydrogen (secondary N) is 1. The SMILES string of the molecule is COCCN1CC(=O)N[C@H]2CN(C(=O)c3ccc(CSC)o3)C[C@@H]2OCc2cccc(c2)Oc2cncc(c2)C1=O. The third-order valence-electron chi connectivity index (χ3n) is 6.80. The number of carbonyl (C=O) groups is 3. The van der Waals surface area contributed by atoms with Crippen LogP contribution in [0.15, 0.2) is 59.3 Å². The number of thioether (sulfide) groups is 1. The number of likely N-dealkylation sites (tertiary alicyclic amines) is 1. The predicted octanol–water partition coefficient (Wildman–Crippen LogP) is 2.96. The van der Waals surface area contributed by atoms with E-state index in [0.717, 1.165) is 11.3 Å². The number of nitrogens with zero attached hydrogens (tertiary/aromatic N) is 3. The summed E-state index contributed by atoms with van der Waals surface area (Å²) in [4.78, 5) is 47.1. The van der Waals surface area contributed by atoms with Crippen molar-refractivity contribution in [2.24, 2.45) is 0 Å². The molecule has 11 nitrogen and oxygen atoms in total. The number of hydrogen-bond donors (Lipinski definition) is 1. The molecule has 1 aromatic carbocycles. The van der Waals surface area contributed by atoms with Crippen molar-refractivity contribution in [2.75, 3.05) is 46.2 Å². The van der Waals surface area contributed by atoms with E-state index in [9.17, 15) is 14.4 Å². The van der Waals surface area contributed by atoms with Gasteiger partial charge in [0.15, 0.2) is 5.76 Å². The van der Waals surface area contributed by atoms with Crippen molar-refractivity contribution in [3.05, 3.63) is 77.5 Å². The van der Waals surface area contributed by atoms with Gasteiger partial charge in [-0.15, -0.1) is 0 Å². The number of carbonyl (C=O) groups excluding carboxylic acids is 3. The lowest BCUT2D eigenvalue weighted by molar-refractivity contribution is -0.123. The number of benzene rings is 1. The van der Waals surface area contributed by atoms with Crippen LogP contribution in [0.25, 0.3) is 0 Å². The summed E-state index contributed by atoms with van der Waals surface area (Å²) in [7, 11) is 1.53. The highest BCUT2D eigenvalue weighted by molar-refractivity contribution is 7.97. The van der Waals surface area contributed by atoms with Gasteiger partial charge in [-0.25, -0.2) is 0 Å². The van der Waals surface area contributed by atoms with Crippen molar-refractivity contribution in [3.8, 4) is 11.5 Å². The van der Waals surface area contributed by atoms with Crippen LogP contribution in [0.5, 0.6) is 11.5 Å². The van der Waals surface area contributed by atoms with E-state index in [0.29, 0.717) is 17.3 Å². The smallest absolute Gasteiger partial charge is 0.289 e. The summed E-state index contributed by atoms with van der Waals surface area (Å²) in [6.45, 7) is 0.970. The number of pyridine rings is 1. The molecule has 0 unspecified atom stereocenters. The molecule has 216 valence electrons. The van der Waals surface area contributed by atoms with Gasteiger partial charge in [-0.3, -0.25) is 19.4 Å². The molecular weight excluding hydrogens is 548 g/mol. The normalized spacial score (nSPS) is 19.5. The summed E-state index contributed by atoms with van der Waals surface area (Å²) < 4.78 is 23.2. The number of furan rings is 1. The van der Waals surface area contributed by atoms with Gasteiger partial charge < -0.3 is 33.7 Å². The minimum atomic E-state index is -0.496. The summed E-state index contributed by atoms with van der Waals surface area (Å²) in [5, 5.41) is 3.00. The van der Waals surface area contributed by atoms with Gasteiger partial charge >= 0.3 is 0 Å². The molecule has 3 amide bonds. The highest BCUT2D eigenvalue weighted by Gasteiger charge is 2.38. The van der Waals surface area contributed by atoms with Crippen LogP contribution in [0, 0.1) is 0 Å². The maximum Gasteiger partial charge on any atom is 0.289 e. The predicted molar refractivity (Wildman–Crippen MR) is 151 cm³/mol. The maximum absolute atomic E-state index is 13.4. The summed E-state index contributed by atoms with van der Waals surface area (Å²) in [6.07, 6.45) is 4.44. The van der Waals surface area contributed by atoms with Gasteiger partial charge in [0.25, 0.3) is 11.8 Å². The van der Waals surface area contributed by atoms with E-state index in [1.807, 2.05) is 24.5 Å². The van der Waals surface area contributed by atoms with Crippen LogP contribution in [0.4, 0.5) is 0 Å². The van der Waals surface area contributed by atoms with E-state index in [1.54, 1.807) is 40.9 Å². The quantitative estimate of drug-likeness (QED) is 0.469. The van der Waals surface area contributed by atoms with Crippen LogP contribution in [-0.4, -0.2) is 90.8 Å². The van der Waals surface area contributed by atoms with E-state index >= 15 is 0 Å². The average molecular weight is 581 g/mol. The molecule has 0 spiro atoms. The minimum Gasteiger partial charge on any atom is -0.456 e. The average Bonchev–Trinajstić information content (AvgIpc) is 3.60. The number of methoxy groups -OCH3 is 1. The Labute approximate surface area is 242 Å². The Morgan fingerprint density at radius 3 is 2.85 bits per heavy atom. The number of aromatic nitrogens is 1. The topological polar surface area (TPSA) is 123 Å². The molecule has 12 heteroatoms. The van der Waals surface area contributed by atoms with E-state index in [2.05, 4.69) is 10.3 Å². The van der Waals surface area contributed by atoms with Gasteiger partial charge in [0.2, 0.25) is 5.91 Å². The molecule has 3 aromatic rings. The van der Waals surface area contributed by atoms with Gasteiger partial charge in [-0.2, -0.15) is 11.8 Å². The minimum absolute atomic E-state index is 0.196. The van der Waals surface area contributed by atoms with Crippen LogP contribution in [-0.2, 0) is 26.6 Å². The van der Waals surface area contributed by atoms with E-state index < -0.39 is 12.1 Å². The maximum atomic E-state index is 13.4. The van der Waals surface area contributed by atoms with E-state index in [-0.39, 0.29) is 68.4 Å². The molecule has 2 aliphatic heterocycles. The van der Waals surface area contributed by atoms with Crippen molar-refractivity contribution in [2.45, 2.75) is 24.5 Å². The van der Waals surface area contributed by atoms with Crippen LogP contribution in [0.2, 0.25) is 0 Å². The van der Waals surface area contributed by atoms with E-state index in [1.165, 1.54) is 24.4 Å². The third kappa shape index (κ3) is 7.07. The lowest BCUT2D eigenvalue weighted by atomic mass is 10.2. The zero-order valence-electron chi connectivity index (χ0n) is 22.9. The fourth-order valence-electron chi connectivity index (χ4n) is 4.81. The molecule has 2 aromatic heterocycles. The lowest BCUT2D eigenvalue weighted by Gasteiger charge is -2.25. The van der Waals surface area contributed by atoms with Gasteiger partial charge in [0, 0.05) is 32.9 Å². The standard InChI is InChI=1S/C29H32N4O7S/c1-37-9-8-32-16-27(34)31-24-14-33(29(36)25-7-6-22(40-25)18-41-2)15-26(24)38-17-19-4-3-5-21(10-19)39-23-11-20(28(32)35)12-30-13-23/h3-7,10-13,24,26H,8-9,14-18H2,1-2H3,(H,31,34)/t24-,26-/m0/s1. The second-order valence-corrected chi connectivity index (χ2v) is 10.7. The van der Waals surface area contributed by atoms with Crippen molar-refractivity contribution >= 4 is 29.5 Å². The van der Waals surface area contributed by atoms with Crippen molar-refractivity contribution in [1.29, 1.82) is 0 Å². The molecule has 0 radical (unpaired) electrons. The van der Waals surface area contributed by atoms with Gasteiger partial charge in [-0.1, -0.05) is 12.1 Å². The Kier molecular flexibility index (Phi) is 9.22. The van der Waals surface area contributed by atoms with Gasteiger partial charge in [0.05, 0.1) is 49.4 Å². The zero-order chi connectivity index (χ0) is 28.8. The number of fused-ring (bicyclic) bond motifs is 5. The zero-order valence-corrected chi connectivity index (χ0v) is 23.7. The van der Waals surface area contributed by atoms with E-state index in [4.69, 9.17) is 18.6 Å². The lowest BCUT2D eigenvalue weighted by Crippen LogP contribution is -2.49. The molecule has 1 saturated heterocycles. The molecule has 41 heavy (non-hydrogen) atoms. The highest BCUT2D eigenvalue weighted by Crippen LogP contribution is 2.25. The molecule has 1 fully saturated rings. The first-order valence-corrected chi connectivity index (χ1v) is 14.6. The highest BCUT2D eigenvalue weighted by atomic mass is 32.2. The van der Waals surface area contributed by atoms with Crippen LogP contribution < -0.4 is 10.1 Å². The molecule has 2 atom stereocenters. The van der Waals surface area contributed by atoms with Gasteiger partial charge in [0.1, 0.15) is 17.3 Å². The Hall–Kier alpha value is -3.87. The van der Waals surface area contributed by atoms with Crippen LogP contribution >= 0.6 is 11.8 Å². The van der Waals surface area contributed by atoms with Crippen LogP contribution in [0.1, 0.15) is 32.2 Å². The van der Waals surface area contributed by atoms with Crippen LogP contribution in [0.3, 0.4) is 0 Å². The second-order valence-electron chi connectivity index (χ2n) is 9.81. The Balaban J connectivity index is 1.41. The monoisotopic (exact) mass is 580 g/mol. The first kappa shape index (κ1) is 28.7. The summed E-state index contributed by atoms with van der Waals surface area (Å²) >= 11 is 1.60. The van der Waals surface area contributed by atoms with Gasteiger partial charge in [-0.05, 0) is 42.2 Å². The number of amides is 3. The third-order valence-corrected chi connectivity index (χ3v) is 7.38. The summed E-state index contributed by atoms with van der Waals surface area (Å²) in [5.41, 5.74) is 1.14. The number of hydrogen-bond acceptors (Lipinski definition) is 9. The molecule has 4 bridgehead atoms. The fourth-order valence-corrected chi connectivity index (χ4v) is 5.25. The summed E-state index contributed by atoms with van der Waals surface area (Å²) in [6, 6.07) is 12.0. The van der Waals surface area contributed by atoms with Crippen molar-refractivity contribution in [3.63, 3.8) is 0 Å². The van der Waals surface area contributed by atoms with Crippen molar-refractivity contribution < 1.29 is 33.0 Å². The molecular formula is C29H32N4O7S. The Morgan fingerprint density at radius 2 is 2.02 bits per heavy atom. The fraction of sp³-hybridized carbons (Fsp3) is 0.379. The van der Waals surface area contributed by atoms with Crippen molar-refractivity contribution in [1.82, 2.24) is 20.1 Å². The first-order valence-electron chi connectivity index (χ1n) is 13.2. The molecule has 1 N–H and O–H groups in total. The molecule has 5 rings (SSSR count). The second kappa shape index (κ2) is 13.2. The molecule has 4 heterocycles. The number of rotatable bonds is 6.